The molecule has 168 valence electrons. The third-order valence-electron chi connectivity index (χ3n) is 5.37. The van der Waals surface area contributed by atoms with Crippen molar-refractivity contribution in [3.8, 4) is 17.1 Å². The summed E-state index contributed by atoms with van der Waals surface area (Å²) < 4.78 is 10.6. The van der Waals surface area contributed by atoms with E-state index in [1.807, 2.05) is 56.3 Å². The van der Waals surface area contributed by atoms with Crippen molar-refractivity contribution in [1.29, 1.82) is 0 Å². The van der Waals surface area contributed by atoms with Gasteiger partial charge in [-0.2, -0.15) is 0 Å². The Kier molecular flexibility index (Phi) is 6.13. The topological polar surface area (TPSA) is 93.3 Å². The van der Waals surface area contributed by atoms with Gasteiger partial charge < -0.3 is 19.8 Å². The molecule has 0 radical (unpaired) electrons. The number of fused-ring (bicyclic) bond motifs is 1. The number of H-pyrrole nitrogens is 1. The molecule has 1 amide bonds. The van der Waals surface area contributed by atoms with Gasteiger partial charge in [-0.05, 0) is 74.9 Å². The fourth-order valence-corrected chi connectivity index (χ4v) is 3.49. The number of aromatic nitrogens is 2. The van der Waals surface area contributed by atoms with E-state index in [4.69, 9.17) is 9.47 Å². The van der Waals surface area contributed by atoms with Crippen LogP contribution in [-0.4, -0.2) is 35.1 Å². The fourth-order valence-electron chi connectivity index (χ4n) is 3.49. The molecule has 0 aliphatic carbocycles. The monoisotopic (exact) mass is 443 g/mol. The molecule has 33 heavy (non-hydrogen) atoms. The number of aryl methyl sites for hydroxylation is 2. The van der Waals surface area contributed by atoms with Crippen molar-refractivity contribution in [2.45, 2.75) is 26.9 Å². The molecule has 1 heterocycles. The summed E-state index contributed by atoms with van der Waals surface area (Å²) in [6, 6.07) is 18.3. The lowest BCUT2D eigenvalue weighted by Gasteiger charge is -2.15. The van der Waals surface area contributed by atoms with Crippen molar-refractivity contribution in [1.82, 2.24) is 9.97 Å². The molecular formula is C26H25N3O4. The van der Waals surface area contributed by atoms with Crippen LogP contribution in [0.2, 0.25) is 0 Å². The van der Waals surface area contributed by atoms with Crippen LogP contribution in [0.4, 0.5) is 5.69 Å². The van der Waals surface area contributed by atoms with Gasteiger partial charge >= 0.3 is 5.97 Å². The third-order valence-corrected chi connectivity index (χ3v) is 5.37. The van der Waals surface area contributed by atoms with Gasteiger partial charge in [0, 0.05) is 11.3 Å². The minimum absolute atomic E-state index is 0.332. The summed E-state index contributed by atoms with van der Waals surface area (Å²) in [5.41, 5.74) is 5.39. The van der Waals surface area contributed by atoms with Gasteiger partial charge in [-0.3, -0.25) is 4.79 Å². The summed E-state index contributed by atoms with van der Waals surface area (Å²) in [7, 11) is 1.62. The summed E-state index contributed by atoms with van der Waals surface area (Å²) in [4.78, 5) is 33.0. The van der Waals surface area contributed by atoms with E-state index in [9.17, 15) is 9.59 Å². The molecule has 1 unspecified atom stereocenters. The van der Waals surface area contributed by atoms with Gasteiger partial charge in [-0.25, -0.2) is 9.78 Å². The molecule has 4 aromatic rings. The van der Waals surface area contributed by atoms with Crippen LogP contribution in [0.1, 0.15) is 28.4 Å². The van der Waals surface area contributed by atoms with Crippen LogP contribution >= 0.6 is 0 Å². The minimum atomic E-state index is -0.953. The molecule has 7 heteroatoms. The highest BCUT2D eigenvalue weighted by Crippen LogP contribution is 2.24. The lowest BCUT2D eigenvalue weighted by atomic mass is 10.1. The van der Waals surface area contributed by atoms with E-state index in [0.717, 1.165) is 28.0 Å². The number of methoxy groups -OCH3 is 1. The van der Waals surface area contributed by atoms with Gasteiger partial charge in [-0.15, -0.1) is 0 Å². The van der Waals surface area contributed by atoms with Crippen molar-refractivity contribution in [2.75, 3.05) is 12.4 Å². The summed E-state index contributed by atoms with van der Waals surface area (Å²) >= 11 is 0. The molecule has 0 saturated carbocycles. The second-order valence-electron chi connectivity index (χ2n) is 7.90. The van der Waals surface area contributed by atoms with Crippen molar-refractivity contribution in [3.05, 3.63) is 77.4 Å². The number of esters is 1. The maximum atomic E-state index is 12.7. The van der Waals surface area contributed by atoms with Crippen LogP contribution in [0.15, 0.2) is 60.7 Å². The van der Waals surface area contributed by atoms with Gasteiger partial charge in [0.25, 0.3) is 5.91 Å². The van der Waals surface area contributed by atoms with Crippen LogP contribution < -0.4 is 10.1 Å². The standard InChI is InChI=1S/C26H25N3O4/c1-15-5-11-21(16(2)13-15)29-25(30)17(3)33-26(31)19-8-12-22-23(14-19)28-24(27-22)18-6-9-20(32-4)10-7-18/h5-14,17H,1-4H3,(H,27,28)(H,29,30). The van der Waals surface area contributed by atoms with E-state index >= 15 is 0 Å². The Balaban J connectivity index is 1.46. The highest BCUT2D eigenvalue weighted by molar-refractivity contribution is 5.99. The Labute approximate surface area is 191 Å². The number of nitrogens with one attached hydrogen (secondary N) is 2. The first-order valence-corrected chi connectivity index (χ1v) is 10.6. The van der Waals surface area contributed by atoms with Crippen LogP contribution in [0.3, 0.4) is 0 Å². The molecule has 4 rings (SSSR count). The first-order valence-electron chi connectivity index (χ1n) is 10.6. The van der Waals surface area contributed by atoms with Gasteiger partial charge in [-0.1, -0.05) is 17.7 Å². The normalized spacial score (nSPS) is 11.8. The number of hydrogen-bond acceptors (Lipinski definition) is 5. The number of carbonyl (C=O) groups excluding carboxylic acids is 2. The Morgan fingerprint density at radius 2 is 1.76 bits per heavy atom. The molecule has 1 atom stereocenters. The van der Waals surface area contributed by atoms with Crippen molar-refractivity contribution >= 4 is 28.6 Å². The highest BCUT2D eigenvalue weighted by atomic mass is 16.5. The highest BCUT2D eigenvalue weighted by Gasteiger charge is 2.20. The predicted molar refractivity (Wildman–Crippen MR) is 128 cm³/mol. The average molecular weight is 444 g/mol. The minimum Gasteiger partial charge on any atom is -0.497 e. The average Bonchev–Trinajstić information content (AvgIpc) is 3.24. The fraction of sp³-hybridized carbons (Fsp3) is 0.192. The zero-order valence-corrected chi connectivity index (χ0v) is 18.9. The molecule has 7 nitrogen and oxygen atoms in total. The molecule has 0 saturated heterocycles. The van der Waals surface area contributed by atoms with Gasteiger partial charge in [0.15, 0.2) is 6.10 Å². The zero-order chi connectivity index (χ0) is 23.5. The molecule has 0 aliphatic heterocycles. The van der Waals surface area contributed by atoms with Gasteiger partial charge in [0.1, 0.15) is 11.6 Å². The van der Waals surface area contributed by atoms with E-state index in [1.165, 1.54) is 0 Å². The SMILES string of the molecule is COc1ccc(-c2nc3ccc(C(=O)OC(C)C(=O)Nc4ccc(C)cc4C)cc3[nH]2)cc1. The van der Waals surface area contributed by atoms with E-state index in [2.05, 4.69) is 15.3 Å². The Bertz CT molecular complexity index is 1330. The van der Waals surface area contributed by atoms with E-state index in [0.29, 0.717) is 22.6 Å². The molecule has 3 aromatic carbocycles. The van der Waals surface area contributed by atoms with Gasteiger partial charge in [0.05, 0.1) is 23.7 Å². The first kappa shape index (κ1) is 22.1. The van der Waals surface area contributed by atoms with Crippen molar-refractivity contribution in [3.63, 3.8) is 0 Å². The smallest absolute Gasteiger partial charge is 0.338 e. The van der Waals surface area contributed by atoms with Crippen LogP contribution in [0, 0.1) is 13.8 Å². The van der Waals surface area contributed by atoms with Crippen molar-refractivity contribution in [2.24, 2.45) is 0 Å². The summed E-state index contributed by atoms with van der Waals surface area (Å²) in [6.07, 6.45) is -0.953. The lowest BCUT2D eigenvalue weighted by Crippen LogP contribution is -2.30. The van der Waals surface area contributed by atoms with Crippen molar-refractivity contribution < 1.29 is 19.1 Å². The lowest BCUT2D eigenvalue weighted by molar-refractivity contribution is -0.123. The Morgan fingerprint density at radius 1 is 1.00 bits per heavy atom. The maximum absolute atomic E-state index is 12.7. The number of rotatable bonds is 6. The predicted octanol–water partition coefficient (Wildman–Crippen LogP) is 5.04. The number of ether oxygens (including phenoxy) is 2. The number of carbonyl (C=O) groups is 2. The van der Waals surface area contributed by atoms with E-state index < -0.39 is 12.1 Å². The molecule has 0 bridgehead atoms. The maximum Gasteiger partial charge on any atom is 0.338 e. The van der Waals surface area contributed by atoms with Crippen LogP contribution in [0.5, 0.6) is 5.75 Å². The zero-order valence-electron chi connectivity index (χ0n) is 18.9. The number of nitrogens with zero attached hydrogens (tertiary/aromatic N) is 1. The molecular weight excluding hydrogens is 418 g/mol. The largest absolute Gasteiger partial charge is 0.497 e. The number of anilines is 1. The number of hydrogen-bond donors (Lipinski definition) is 2. The third kappa shape index (κ3) is 4.87. The summed E-state index contributed by atoms with van der Waals surface area (Å²) in [6.45, 7) is 5.45. The van der Waals surface area contributed by atoms with E-state index in [1.54, 1.807) is 32.2 Å². The van der Waals surface area contributed by atoms with E-state index in [-0.39, 0.29) is 5.91 Å². The molecule has 1 aromatic heterocycles. The Hall–Kier alpha value is -4.13. The van der Waals surface area contributed by atoms with Gasteiger partial charge in [0.2, 0.25) is 0 Å². The summed E-state index contributed by atoms with van der Waals surface area (Å²) in [5, 5.41) is 2.81. The second kappa shape index (κ2) is 9.16. The quantitative estimate of drug-likeness (QED) is 0.407. The number of benzene rings is 3. The number of amides is 1. The summed E-state index contributed by atoms with van der Waals surface area (Å²) in [5.74, 6) is 0.468. The van der Waals surface area contributed by atoms with Crippen LogP contribution in [0.25, 0.3) is 22.4 Å². The van der Waals surface area contributed by atoms with Crippen LogP contribution in [-0.2, 0) is 9.53 Å². The molecule has 0 spiro atoms. The molecule has 0 aliphatic rings. The molecule has 0 fully saturated rings. The first-order chi connectivity index (χ1) is 15.8. The molecule has 2 N–H and O–H groups in total. The number of imidazole rings is 1. The second-order valence-corrected chi connectivity index (χ2v) is 7.90. The Morgan fingerprint density at radius 3 is 2.45 bits per heavy atom. The number of aromatic amines is 1.